The summed E-state index contributed by atoms with van der Waals surface area (Å²) in [5.41, 5.74) is 2.55. The highest BCUT2D eigenvalue weighted by Crippen LogP contribution is 2.17. The number of hydrogen-bond acceptors (Lipinski definition) is 1. The third-order valence-corrected chi connectivity index (χ3v) is 2.50. The maximum atomic E-state index is 4.80. The van der Waals surface area contributed by atoms with Crippen molar-refractivity contribution in [1.82, 2.24) is 0 Å². The Labute approximate surface area is 108 Å². The molecule has 0 N–H and O–H groups in total. The Morgan fingerprint density at radius 3 is 1.50 bits per heavy atom. The third-order valence-electron chi connectivity index (χ3n) is 2.50. The lowest BCUT2D eigenvalue weighted by Crippen LogP contribution is -1.82. The van der Waals surface area contributed by atoms with Crippen molar-refractivity contribution in [2.45, 2.75) is 0 Å². The van der Waals surface area contributed by atoms with Gasteiger partial charge in [-0.1, -0.05) is 66.7 Å². The van der Waals surface area contributed by atoms with Crippen LogP contribution in [0.3, 0.4) is 0 Å². The smallest absolute Gasteiger partial charge is 0.106 e. The van der Waals surface area contributed by atoms with Crippen molar-refractivity contribution in [3.05, 3.63) is 85.2 Å². The second kappa shape index (κ2) is 7.13. The van der Waals surface area contributed by atoms with Crippen molar-refractivity contribution in [3.63, 3.8) is 0 Å². The largest absolute Gasteiger partial charge is 0.497 e. The molecule has 0 unspecified atom stereocenters. The third kappa shape index (κ3) is 3.95. The number of allylic oxidation sites excluding steroid dienone is 2. The molecule has 90 valence electrons. The van der Waals surface area contributed by atoms with Crippen molar-refractivity contribution in [1.29, 1.82) is 0 Å². The first-order valence-electron chi connectivity index (χ1n) is 6.00. The van der Waals surface area contributed by atoms with E-state index >= 15 is 0 Å². The molecule has 0 aliphatic carbocycles. The summed E-state index contributed by atoms with van der Waals surface area (Å²) in [6.45, 7) is 0.733. The van der Waals surface area contributed by atoms with Crippen LogP contribution in [0.4, 0.5) is 0 Å². The molecule has 0 atom stereocenters. The van der Waals surface area contributed by atoms with Gasteiger partial charge in [-0.2, -0.15) is 0 Å². The molecule has 0 bridgehead atoms. The Morgan fingerprint density at radius 1 is 0.667 bits per heavy atom. The predicted octanol–water partition coefficient (Wildman–Crippen LogP) is 4.44. The minimum Gasteiger partial charge on any atom is -0.497 e. The number of rotatable bonds is 1. The molecule has 1 heteroatoms. The Hall–Kier alpha value is -2.28. The van der Waals surface area contributed by atoms with Gasteiger partial charge < -0.3 is 4.74 Å². The standard InChI is InChI=1S/C12H10.C5H6O/c1-3-7-11(8-4-1)12-9-5-2-6-10-12;1-2-4-6-5-3-1/h1-10H;1-4H,5H2. The van der Waals surface area contributed by atoms with Gasteiger partial charge in [0.15, 0.2) is 0 Å². The van der Waals surface area contributed by atoms with Crippen LogP contribution in [-0.2, 0) is 4.74 Å². The molecule has 0 spiro atoms. The normalized spacial score (nSPS) is 12.2. The Bertz CT molecular complexity index is 448. The Balaban J connectivity index is 0.000000169. The maximum Gasteiger partial charge on any atom is 0.106 e. The minimum atomic E-state index is 0.733. The summed E-state index contributed by atoms with van der Waals surface area (Å²) in [5.74, 6) is 0. The van der Waals surface area contributed by atoms with Crippen LogP contribution in [0.25, 0.3) is 11.1 Å². The van der Waals surface area contributed by atoms with E-state index in [1.807, 2.05) is 30.4 Å². The number of ether oxygens (including phenoxy) is 1. The molecule has 1 nitrogen and oxygen atoms in total. The summed E-state index contributed by atoms with van der Waals surface area (Å²) in [6, 6.07) is 20.8. The minimum absolute atomic E-state index is 0.733. The molecule has 2 aromatic carbocycles. The lowest BCUT2D eigenvalue weighted by molar-refractivity contribution is 0.286. The fourth-order valence-electron chi connectivity index (χ4n) is 1.61. The summed E-state index contributed by atoms with van der Waals surface area (Å²) in [7, 11) is 0. The molecular formula is C17H16O. The first kappa shape index (κ1) is 12.2. The van der Waals surface area contributed by atoms with Gasteiger partial charge in [0.1, 0.15) is 6.61 Å². The fraction of sp³-hybridized carbons (Fsp3) is 0.0588. The molecule has 0 aromatic heterocycles. The topological polar surface area (TPSA) is 9.23 Å². The summed E-state index contributed by atoms with van der Waals surface area (Å²) in [5, 5.41) is 0. The van der Waals surface area contributed by atoms with Crippen LogP contribution in [0.2, 0.25) is 0 Å². The summed E-state index contributed by atoms with van der Waals surface area (Å²) < 4.78 is 4.80. The van der Waals surface area contributed by atoms with Crippen molar-refractivity contribution >= 4 is 0 Å². The van der Waals surface area contributed by atoms with Gasteiger partial charge in [0.05, 0.1) is 6.26 Å². The highest BCUT2D eigenvalue weighted by molar-refractivity contribution is 5.62. The van der Waals surface area contributed by atoms with E-state index in [-0.39, 0.29) is 0 Å². The highest BCUT2D eigenvalue weighted by atomic mass is 16.5. The van der Waals surface area contributed by atoms with E-state index in [2.05, 4.69) is 48.5 Å². The average Bonchev–Trinajstić information content (AvgIpc) is 2.51. The molecule has 1 aliphatic heterocycles. The highest BCUT2D eigenvalue weighted by Gasteiger charge is 1.91. The molecule has 18 heavy (non-hydrogen) atoms. The number of hydrogen-bond donors (Lipinski definition) is 0. The predicted molar refractivity (Wildman–Crippen MR) is 76.1 cm³/mol. The van der Waals surface area contributed by atoms with Gasteiger partial charge in [0.2, 0.25) is 0 Å². The lowest BCUT2D eigenvalue weighted by Gasteiger charge is -1.98. The van der Waals surface area contributed by atoms with Gasteiger partial charge in [0, 0.05) is 0 Å². The first-order chi connectivity index (χ1) is 8.97. The van der Waals surface area contributed by atoms with Crippen LogP contribution in [0.15, 0.2) is 85.2 Å². The van der Waals surface area contributed by atoms with E-state index in [4.69, 9.17) is 4.74 Å². The molecule has 1 aliphatic rings. The molecule has 0 fully saturated rings. The Morgan fingerprint density at radius 2 is 1.22 bits per heavy atom. The van der Waals surface area contributed by atoms with E-state index < -0.39 is 0 Å². The molecule has 2 aromatic rings. The Kier molecular flexibility index (Phi) is 4.82. The molecule has 1 heterocycles. The van der Waals surface area contributed by atoms with E-state index in [0.29, 0.717) is 0 Å². The summed E-state index contributed by atoms with van der Waals surface area (Å²) in [4.78, 5) is 0. The van der Waals surface area contributed by atoms with E-state index in [9.17, 15) is 0 Å². The summed E-state index contributed by atoms with van der Waals surface area (Å²) >= 11 is 0. The van der Waals surface area contributed by atoms with E-state index in [1.165, 1.54) is 11.1 Å². The van der Waals surface area contributed by atoms with Crippen LogP contribution < -0.4 is 0 Å². The van der Waals surface area contributed by atoms with Crippen molar-refractivity contribution in [2.75, 3.05) is 6.61 Å². The zero-order valence-corrected chi connectivity index (χ0v) is 10.2. The molecule has 3 rings (SSSR count). The van der Waals surface area contributed by atoms with Crippen LogP contribution in [0.1, 0.15) is 0 Å². The van der Waals surface area contributed by atoms with E-state index in [1.54, 1.807) is 6.26 Å². The zero-order valence-electron chi connectivity index (χ0n) is 10.2. The van der Waals surface area contributed by atoms with Gasteiger partial charge >= 0.3 is 0 Å². The van der Waals surface area contributed by atoms with Gasteiger partial charge in [0.25, 0.3) is 0 Å². The molecule has 0 radical (unpaired) electrons. The number of benzene rings is 2. The summed E-state index contributed by atoms with van der Waals surface area (Å²) in [6.07, 6.45) is 7.47. The van der Waals surface area contributed by atoms with Crippen molar-refractivity contribution in [3.8, 4) is 11.1 Å². The van der Waals surface area contributed by atoms with Crippen LogP contribution in [0.5, 0.6) is 0 Å². The van der Waals surface area contributed by atoms with E-state index in [0.717, 1.165) is 6.61 Å². The lowest BCUT2D eigenvalue weighted by atomic mass is 10.1. The first-order valence-corrected chi connectivity index (χ1v) is 6.00. The maximum absolute atomic E-state index is 4.80. The molecule has 0 saturated heterocycles. The average molecular weight is 236 g/mol. The second-order valence-corrected chi connectivity index (χ2v) is 3.82. The van der Waals surface area contributed by atoms with Crippen molar-refractivity contribution in [2.24, 2.45) is 0 Å². The van der Waals surface area contributed by atoms with Gasteiger partial charge in [-0.3, -0.25) is 0 Å². The second-order valence-electron chi connectivity index (χ2n) is 3.82. The van der Waals surface area contributed by atoms with Gasteiger partial charge in [-0.15, -0.1) is 0 Å². The van der Waals surface area contributed by atoms with Gasteiger partial charge in [-0.05, 0) is 23.3 Å². The molecule has 0 amide bonds. The zero-order chi connectivity index (χ0) is 12.5. The SMILES string of the molecule is C1=CCOC=C1.c1ccc(-c2ccccc2)cc1. The van der Waals surface area contributed by atoms with Crippen LogP contribution in [0, 0.1) is 0 Å². The quantitative estimate of drug-likeness (QED) is 0.711. The monoisotopic (exact) mass is 236 g/mol. The molecular weight excluding hydrogens is 220 g/mol. The van der Waals surface area contributed by atoms with Crippen LogP contribution in [-0.4, -0.2) is 6.61 Å². The van der Waals surface area contributed by atoms with Gasteiger partial charge in [-0.25, -0.2) is 0 Å². The fourth-order valence-corrected chi connectivity index (χ4v) is 1.61. The van der Waals surface area contributed by atoms with Crippen LogP contribution >= 0.6 is 0 Å². The van der Waals surface area contributed by atoms with Crippen molar-refractivity contribution < 1.29 is 4.74 Å². The molecule has 0 saturated carbocycles.